The number of hydrogen-bond acceptors (Lipinski definition) is 3. The zero-order valence-electron chi connectivity index (χ0n) is 15.8. The van der Waals surface area contributed by atoms with Gasteiger partial charge in [0.25, 0.3) is 0 Å². The highest BCUT2D eigenvalue weighted by Crippen LogP contribution is 2.24. The van der Waals surface area contributed by atoms with Gasteiger partial charge in [-0.15, -0.1) is 24.0 Å². The van der Waals surface area contributed by atoms with Crippen molar-refractivity contribution < 1.29 is 9.47 Å². The molecule has 2 aromatic carbocycles. The Morgan fingerprint density at radius 1 is 1.04 bits per heavy atom. The van der Waals surface area contributed by atoms with E-state index >= 15 is 0 Å². The lowest BCUT2D eigenvalue weighted by Gasteiger charge is -2.14. The molecule has 0 unspecified atom stereocenters. The second-order valence-corrected chi connectivity index (χ2v) is 5.77. The fourth-order valence-electron chi connectivity index (χ4n) is 2.59. The molecule has 0 radical (unpaired) electrons. The monoisotopic (exact) mass is 469 g/mol. The lowest BCUT2D eigenvalue weighted by molar-refractivity contribution is 0.390. The summed E-state index contributed by atoms with van der Waals surface area (Å²) in [4.78, 5) is 4.27. The quantitative estimate of drug-likeness (QED) is 0.370. The Balaban J connectivity index is 0.00000338. The van der Waals surface area contributed by atoms with E-state index in [2.05, 4.69) is 46.8 Å². The minimum absolute atomic E-state index is 0. The first kappa shape index (κ1) is 22.1. The lowest BCUT2D eigenvalue weighted by atomic mass is 10.1. The van der Waals surface area contributed by atoms with Gasteiger partial charge in [-0.1, -0.05) is 29.8 Å². The van der Waals surface area contributed by atoms with E-state index in [0.29, 0.717) is 6.54 Å². The highest BCUT2D eigenvalue weighted by Gasteiger charge is 2.06. The third-order valence-corrected chi connectivity index (χ3v) is 3.95. The van der Waals surface area contributed by atoms with E-state index in [0.717, 1.165) is 36.0 Å². The van der Waals surface area contributed by atoms with Gasteiger partial charge in [0, 0.05) is 31.8 Å². The molecule has 0 atom stereocenters. The summed E-state index contributed by atoms with van der Waals surface area (Å²) in [6.45, 7) is 3.56. The maximum absolute atomic E-state index is 5.42. The second-order valence-electron chi connectivity index (χ2n) is 5.77. The smallest absolute Gasteiger partial charge is 0.191 e. The van der Waals surface area contributed by atoms with Gasteiger partial charge in [-0.25, -0.2) is 0 Å². The summed E-state index contributed by atoms with van der Waals surface area (Å²) < 4.78 is 10.6. The van der Waals surface area contributed by atoms with Crippen molar-refractivity contribution in [1.82, 2.24) is 10.6 Å². The number of nitrogens with one attached hydrogen (secondary N) is 2. The topological polar surface area (TPSA) is 54.9 Å². The van der Waals surface area contributed by atoms with Gasteiger partial charge in [-0.3, -0.25) is 4.99 Å². The maximum atomic E-state index is 5.42. The Morgan fingerprint density at radius 3 is 2.50 bits per heavy atom. The van der Waals surface area contributed by atoms with E-state index in [4.69, 9.17) is 9.47 Å². The third kappa shape index (κ3) is 6.74. The molecule has 0 aliphatic rings. The molecule has 142 valence electrons. The van der Waals surface area contributed by atoms with E-state index in [1.54, 1.807) is 21.3 Å². The standard InChI is InChI=1S/C20H27N3O2.HI/c1-15-6-5-7-16(12-15)10-11-22-20(21-2)23-14-17-8-9-18(24-3)13-19(17)25-4;/h5-9,12-13H,10-11,14H2,1-4H3,(H2,21,22,23);1H. The SMILES string of the molecule is CN=C(NCCc1cccc(C)c1)NCc1ccc(OC)cc1OC.I. The van der Waals surface area contributed by atoms with E-state index in [-0.39, 0.29) is 24.0 Å². The highest BCUT2D eigenvalue weighted by molar-refractivity contribution is 14.0. The first-order chi connectivity index (χ1) is 12.2. The van der Waals surface area contributed by atoms with Crippen LogP contribution in [0.5, 0.6) is 11.5 Å². The van der Waals surface area contributed by atoms with Crippen molar-refractivity contribution in [1.29, 1.82) is 0 Å². The van der Waals surface area contributed by atoms with Crippen LogP contribution >= 0.6 is 24.0 Å². The molecule has 0 aliphatic heterocycles. The largest absolute Gasteiger partial charge is 0.497 e. The first-order valence-corrected chi connectivity index (χ1v) is 8.37. The molecular weight excluding hydrogens is 441 g/mol. The molecule has 5 nitrogen and oxygen atoms in total. The molecule has 0 amide bonds. The summed E-state index contributed by atoms with van der Waals surface area (Å²) >= 11 is 0. The molecule has 6 heteroatoms. The zero-order chi connectivity index (χ0) is 18.1. The van der Waals surface area contributed by atoms with Crippen molar-refractivity contribution in [3.63, 3.8) is 0 Å². The number of aliphatic imine (C=N–C) groups is 1. The lowest BCUT2D eigenvalue weighted by Crippen LogP contribution is -2.37. The minimum atomic E-state index is 0. The number of ether oxygens (including phenoxy) is 2. The van der Waals surface area contributed by atoms with Gasteiger partial charge in [0.15, 0.2) is 5.96 Å². The molecule has 2 aromatic rings. The van der Waals surface area contributed by atoms with Gasteiger partial charge in [0.2, 0.25) is 0 Å². The molecule has 0 aliphatic carbocycles. The van der Waals surface area contributed by atoms with Crippen LogP contribution in [0.1, 0.15) is 16.7 Å². The summed E-state index contributed by atoms with van der Waals surface area (Å²) in [5, 5.41) is 6.65. The van der Waals surface area contributed by atoms with Gasteiger partial charge in [0.1, 0.15) is 11.5 Å². The van der Waals surface area contributed by atoms with Crippen molar-refractivity contribution in [3.05, 3.63) is 59.2 Å². The van der Waals surface area contributed by atoms with E-state index < -0.39 is 0 Å². The molecule has 0 fully saturated rings. The molecule has 0 heterocycles. The minimum Gasteiger partial charge on any atom is -0.497 e. The van der Waals surface area contributed by atoms with E-state index in [9.17, 15) is 0 Å². The number of halogens is 1. The van der Waals surface area contributed by atoms with Crippen molar-refractivity contribution in [3.8, 4) is 11.5 Å². The number of guanidine groups is 1. The predicted octanol–water partition coefficient (Wildman–Crippen LogP) is 3.54. The maximum Gasteiger partial charge on any atom is 0.191 e. The number of methoxy groups -OCH3 is 2. The molecule has 2 rings (SSSR count). The summed E-state index contributed by atoms with van der Waals surface area (Å²) in [5.74, 6) is 2.34. The van der Waals surface area contributed by atoms with Crippen LogP contribution in [0.2, 0.25) is 0 Å². The normalized spacial score (nSPS) is 10.7. The van der Waals surface area contributed by atoms with Crippen molar-refractivity contribution in [2.24, 2.45) is 4.99 Å². The van der Waals surface area contributed by atoms with Gasteiger partial charge in [-0.2, -0.15) is 0 Å². The summed E-state index contributed by atoms with van der Waals surface area (Å²) in [5.41, 5.74) is 3.65. The number of aryl methyl sites for hydroxylation is 1. The van der Waals surface area contributed by atoms with Crippen LogP contribution in [-0.4, -0.2) is 33.8 Å². The summed E-state index contributed by atoms with van der Waals surface area (Å²) in [7, 11) is 5.08. The molecular formula is C20H28IN3O2. The average Bonchev–Trinajstić information content (AvgIpc) is 2.64. The van der Waals surface area contributed by atoms with Crippen LogP contribution in [0.25, 0.3) is 0 Å². The fraction of sp³-hybridized carbons (Fsp3) is 0.350. The van der Waals surface area contributed by atoms with Crippen molar-refractivity contribution >= 4 is 29.9 Å². The van der Waals surface area contributed by atoms with E-state index in [1.807, 2.05) is 18.2 Å². The molecule has 2 N–H and O–H groups in total. The number of hydrogen-bond donors (Lipinski definition) is 2. The molecule has 26 heavy (non-hydrogen) atoms. The highest BCUT2D eigenvalue weighted by atomic mass is 127. The Morgan fingerprint density at radius 2 is 1.85 bits per heavy atom. The summed E-state index contributed by atoms with van der Waals surface area (Å²) in [6.07, 6.45) is 0.953. The molecule has 0 saturated carbocycles. The van der Waals surface area contributed by atoms with Crippen molar-refractivity contribution in [2.75, 3.05) is 27.8 Å². The third-order valence-electron chi connectivity index (χ3n) is 3.95. The van der Waals surface area contributed by atoms with Crippen LogP contribution in [0.15, 0.2) is 47.5 Å². The Bertz CT molecular complexity index is 720. The average molecular weight is 469 g/mol. The predicted molar refractivity (Wildman–Crippen MR) is 118 cm³/mol. The molecule has 0 saturated heterocycles. The molecule has 0 spiro atoms. The number of benzene rings is 2. The Kier molecular flexibility index (Phi) is 9.87. The first-order valence-electron chi connectivity index (χ1n) is 8.37. The summed E-state index contributed by atoms with van der Waals surface area (Å²) in [6, 6.07) is 14.4. The van der Waals surface area contributed by atoms with Crippen LogP contribution in [0.4, 0.5) is 0 Å². The fourth-order valence-corrected chi connectivity index (χ4v) is 2.59. The number of rotatable bonds is 7. The molecule has 0 bridgehead atoms. The van der Waals surface area contributed by atoms with Gasteiger partial charge in [-0.05, 0) is 31.0 Å². The van der Waals surface area contributed by atoms with Crippen molar-refractivity contribution in [2.45, 2.75) is 19.9 Å². The van der Waals surface area contributed by atoms with Gasteiger partial charge in [0.05, 0.1) is 14.2 Å². The Hall–Kier alpha value is -1.96. The second kappa shape index (κ2) is 11.6. The van der Waals surface area contributed by atoms with Crippen LogP contribution < -0.4 is 20.1 Å². The van der Waals surface area contributed by atoms with Crippen LogP contribution in [-0.2, 0) is 13.0 Å². The molecule has 0 aromatic heterocycles. The van der Waals surface area contributed by atoms with E-state index in [1.165, 1.54) is 11.1 Å². The number of nitrogens with zero attached hydrogens (tertiary/aromatic N) is 1. The van der Waals surface area contributed by atoms with Gasteiger partial charge >= 0.3 is 0 Å². The zero-order valence-corrected chi connectivity index (χ0v) is 18.2. The van der Waals surface area contributed by atoms with Gasteiger partial charge < -0.3 is 20.1 Å². The van der Waals surface area contributed by atoms with Crippen LogP contribution in [0, 0.1) is 6.92 Å². The Labute approximate surface area is 173 Å². The van der Waals surface area contributed by atoms with Crippen LogP contribution in [0.3, 0.4) is 0 Å².